The van der Waals surface area contributed by atoms with Crippen LogP contribution in [-0.4, -0.2) is 44.4 Å². The van der Waals surface area contributed by atoms with Crippen LogP contribution in [0.2, 0.25) is 0 Å². The van der Waals surface area contributed by atoms with Gasteiger partial charge in [0, 0.05) is 22.9 Å². The monoisotopic (exact) mass is 429 g/mol. The smallest absolute Gasteiger partial charge is 0.407 e. The second-order valence-electron chi connectivity index (χ2n) is 8.14. The first kappa shape index (κ1) is 20.3. The van der Waals surface area contributed by atoms with Gasteiger partial charge in [0.1, 0.15) is 11.6 Å². The molecule has 0 fully saturated rings. The van der Waals surface area contributed by atoms with Crippen molar-refractivity contribution in [1.29, 1.82) is 0 Å². The Morgan fingerprint density at radius 1 is 1.30 bits per heavy atom. The van der Waals surface area contributed by atoms with Crippen molar-refractivity contribution in [3.63, 3.8) is 0 Å². The van der Waals surface area contributed by atoms with Gasteiger partial charge in [-0.1, -0.05) is 0 Å². The van der Waals surface area contributed by atoms with E-state index in [1.54, 1.807) is 12.1 Å². The third-order valence-electron chi connectivity index (χ3n) is 4.61. The van der Waals surface area contributed by atoms with Crippen LogP contribution in [-0.2, 0) is 17.6 Å². The Balaban J connectivity index is 1.63. The molecule has 0 aromatic carbocycles. The van der Waals surface area contributed by atoms with Crippen LogP contribution in [0.3, 0.4) is 0 Å². The zero-order chi connectivity index (χ0) is 21.5. The van der Waals surface area contributed by atoms with Gasteiger partial charge in [0.05, 0.1) is 19.0 Å². The third-order valence-corrected chi connectivity index (χ3v) is 5.71. The first-order chi connectivity index (χ1) is 14.2. The molecule has 3 aromatic heterocycles. The number of carbonyl (C=O) groups excluding carboxylic acids is 1. The highest BCUT2D eigenvalue weighted by molar-refractivity contribution is 7.14. The van der Waals surface area contributed by atoms with Crippen LogP contribution in [0, 0.1) is 0 Å². The number of nitrogens with zero attached hydrogens (tertiary/aromatic N) is 4. The minimum Gasteiger partial charge on any atom is -0.481 e. The van der Waals surface area contributed by atoms with Gasteiger partial charge in [-0.05, 0) is 39.7 Å². The van der Waals surface area contributed by atoms with Crippen LogP contribution >= 0.6 is 11.3 Å². The Morgan fingerprint density at radius 2 is 2.10 bits per heavy atom. The number of ether oxygens (including phenoxy) is 2. The maximum atomic E-state index is 12.6. The van der Waals surface area contributed by atoms with Crippen LogP contribution in [0.15, 0.2) is 23.1 Å². The van der Waals surface area contributed by atoms with E-state index in [9.17, 15) is 9.59 Å². The van der Waals surface area contributed by atoms with E-state index in [2.05, 4.69) is 20.3 Å². The van der Waals surface area contributed by atoms with E-state index in [0.717, 1.165) is 10.6 Å². The fourth-order valence-electron chi connectivity index (χ4n) is 3.29. The average molecular weight is 430 g/mol. The van der Waals surface area contributed by atoms with Crippen molar-refractivity contribution in [3.05, 3.63) is 39.3 Å². The normalized spacial score (nSPS) is 16.2. The average Bonchev–Trinajstić information content (AvgIpc) is 3.08. The van der Waals surface area contributed by atoms with Gasteiger partial charge in [0.2, 0.25) is 5.88 Å². The van der Waals surface area contributed by atoms with Gasteiger partial charge in [0.25, 0.3) is 5.56 Å². The van der Waals surface area contributed by atoms with E-state index in [1.807, 2.05) is 20.8 Å². The molecule has 0 aliphatic heterocycles. The minimum atomic E-state index is -0.423. The maximum absolute atomic E-state index is 12.6. The molecule has 1 aliphatic carbocycles. The lowest BCUT2D eigenvalue weighted by Crippen LogP contribution is -2.42. The quantitative estimate of drug-likeness (QED) is 0.682. The summed E-state index contributed by atoms with van der Waals surface area (Å²) >= 11 is 1.41. The van der Waals surface area contributed by atoms with Crippen molar-refractivity contribution < 1.29 is 14.3 Å². The molecule has 1 atom stereocenters. The van der Waals surface area contributed by atoms with Crippen LogP contribution in [0.1, 0.15) is 37.8 Å². The van der Waals surface area contributed by atoms with Crippen molar-refractivity contribution in [2.75, 3.05) is 7.11 Å². The van der Waals surface area contributed by atoms with E-state index in [1.165, 1.54) is 29.2 Å². The molecule has 1 unspecified atom stereocenters. The number of nitrogens with one attached hydrogen (secondary N) is 1. The molecule has 9 nitrogen and oxygen atoms in total. The number of aromatic nitrogens is 4. The van der Waals surface area contributed by atoms with Gasteiger partial charge in [-0.15, -0.1) is 11.3 Å². The van der Waals surface area contributed by atoms with Crippen molar-refractivity contribution >= 4 is 28.6 Å². The van der Waals surface area contributed by atoms with Crippen molar-refractivity contribution in [3.8, 4) is 11.0 Å². The summed E-state index contributed by atoms with van der Waals surface area (Å²) in [7, 11) is 1.52. The highest BCUT2D eigenvalue weighted by Crippen LogP contribution is 2.30. The number of aryl methyl sites for hydroxylation is 1. The number of pyridine rings is 1. The van der Waals surface area contributed by atoms with E-state index in [4.69, 9.17) is 9.47 Å². The number of thiazole rings is 1. The minimum absolute atomic E-state index is 0.225. The molecular weight excluding hydrogens is 406 g/mol. The van der Waals surface area contributed by atoms with E-state index >= 15 is 0 Å². The van der Waals surface area contributed by atoms with Gasteiger partial charge in [-0.3, -0.25) is 4.79 Å². The number of carbonyl (C=O) groups is 1. The number of methoxy groups -OCH3 is 1. The van der Waals surface area contributed by atoms with Crippen LogP contribution < -0.4 is 15.6 Å². The molecule has 1 amide bonds. The molecule has 0 saturated heterocycles. The molecule has 3 heterocycles. The third kappa shape index (κ3) is 4.13. The summed E-state index contributed by atoms with van der Waals surface area (Å²) in [4.78, 5) is 38.9. The number of hydrogen-bond donors (Lipinski definition) is 1. The predicted octanol–water partition coefficient (Wildman–Crippen LogP) is 2.63. The maximum Gasteiger partial charge on any atom is 0.407 e. The topological polar surface area (TPSA) is 108 Å². The Labute approximate surface area is 177 Å². The second kappa shape index (κ2) is 7.67. The molecule has 1 N–H and O–H groups in total. The molecule has 0 spiro atoms. The molecule has 158 valence electrons. The van der Waals surface area contributed by atoms with Gasteiger partial charge in [0.15, 0.2) is 10.8 Å². The summed E-state index contributed by atoms with van der Waals surface area (Å²) in [5, 5.41) is 3.34. The number of fused-ring (bicyclic) bond motifs is 2. The zero-order valence-corrected chi connectivity index (χ0v) is 18.1. The fourth-order valence-corrected chi connectivity index (χ4v) is 4.47. The number of rotatable bonds is 3. The SMILES string of the molecule is COc1ccc2ncc(=O)n(-c3nc4c(s3)CC(OC(=O)NC(C)(C)C)CC4)c2n1. The molecule has 30 heavy (non-hydrogen) atoms. The highest BCUT2D eigenvalue weighted by Gasteiger charge is 2.27. The van der Waals surface area contributed by atoms with Gasteiger partial charge in [-0.2, -0.15) is 4.98 Å². The molecule has 4 rings (SSSR count). The van der Waals surface area contributed by atoms with Crippen molar-refractivity contribution in [2.45, 2.75) is 51.7 Å². The van der Waals surface area contributed by atoms with E-state index < -0.39 is 6.09 Å². The molecule has 0 saturated carbocycles. The Bertz CT molecular complexity index is 1160. The van der Waals surface area contributed by atoms with E-state index in [0.29, 0.717) is 41.4 Å². The standard InChI is InChI=1S/C20H23N5O4S/c1-20(2,3)24-19(27)29-11-5-6-12-14(9-11)30-18(22-12)25-16(26)10-21-13-7-8-15(28-4)23-17(13)25/h7-8,10-11H,5-6,9H2,1-4H3,(H,24,27). The summed E-state index contributed by atoms with van der Waals surface area (Å²) in [6, 6.07) is 3.45. The predicted molar refractivity (Wildman–Crippen MR) is 113 cm³/mol. The van der Waals surface area contributed by atoms with Crippen LogP contribution in [0.4, 0.5) is 4.79 Å². The largest absolute Gasteiger partial charge is 0.481 e. The Hall–Kier alpha value is -3.01. The fraction of sp³-hybridized carbons (Fsp3) is 0.450. The van der Waals surface area contributed by atoms with Crippen molar-refractivity contribution in [1.82, 2.24) is 24.8 Å². The Kier molecular flexibility index (Phi) is 5.19. The van der Waals surface area contributed by atoms with Crippen LogP contribution in [0.25, 0.3) is 16.3 Å². The highest BCUT2D eigenvalue weighted by atomic mass is 32.1. The lowest BCUT2D eigenvalue weighted by atomic mass is 10.0. The summed E-state index contributed by atoms with van der Waals surface area (Å²) in [5.41, 5.74) is 1.22. The van der Waals surface area contributed by atoms with Gasteiger partial charge >= 0.3 is 6.09 Å². The number of alkyl carbamates (subject to hydrolysis) is 1. The molecule has 0 bridgehead atoms. The number of hydrogen-bond acceptors (Lipinski definition) is 8. The molecule has 10 heteroatoms. The molecule has 3 aromatic rings. The first-order valence-corrected chi connectivity index (χ1v) is 10.5. The summed E-state index contributed by atoms with van der Waals surface area (Å²) in [6.45, 7) is 5.72. The molecule has 1 aliphatic rings. The van der Waals surface area contributed by atoms with E-state index in [-0.39, 0.29) is 17.2 Å². The van der Waals surface area contributed by atoms with Crippen LogP contribution in [0.5, 0.6) is 5.88 Å². The zero-order valence-electron chi connectivity index (χ0n) is 17.3. The van der Waals surface area contributed by atoms with Gasteiger partial charge in [-0.25, -0.2) is 19.3 Å². The van der Waals surface area contributed by atoms with Gasteiger partial charge < -0.3 is 14.8 Å². The molecule has 0 radical (unpaired) electrons. The Morgan fingerprint density at radius 3 is 2.83 bits per heavy atom. The lowest BCUT2D eigenvalue weighted by Gasteiger charge is -2.25. The van der Waals surface area contributed by atoms with Crippen molar-refractivity contribution in [2.24, 2.45) is 0 Å². The summed E-state index contributed by atoms with van der Waals surface area (Å²) in [6.07, 6.45) is 2.55. The summed E-state index contributed by atoms with van der Waals surface area (Å²) < 4.78 is 12.2. The first-order valence-electron chi connectivity index (χ1n) is 9.64. The lowest BCUT2D eigenvalue weighted by molar-refractivity contribution is 0.0839. The molecular formula is C20H23N5O4S. The number of amides is 1. The summed E-state index contributed by atoms with van der Waals surface area (Å²) in [5.74, 6) is 0.392. The second-order valence-corrected chi connectivity index (χ2v) is 9.20.